The number of amides is 1. The van der Waals surface area contributed by atoms with Crippen molar-refractivity contribution in [2.45, 2.75) is 0 Å². The number of nitrogens with two attached hydrogens (primary N) is 2. The van der Waals surface area contributed by atoms with E-state index >= 15 is 0 Å². The van der Waals surface area contributed by atoms with Gasteiger partial charge < -0.3 is 16.2 Å². The maximum atomic E-state index is 11.3. The molecule has 0 atom stereocenters. The molecule has 0 aliphatic heterocycles. The molecule has 0 radical (unpaired) electrons. The number of hydrogen-bond acceptors (Lipinski definition) is 3. The Morgan fingerprint density at radius 2 is 1.94 bits per heavy atom. The predicted octanol–water partition coefficient (Wildman–Crippen LogP) is 2.92. The molecule has 0 spiro atoms. The summed E-state index contributed by atoms with van der Waals surface area (Å²) in [6, 6.07) is 12.0. The molecule has 0 aliphatic rings. The summed E-state index contributed by atoms with van der Waals surface area (Å²) in [6.45, 7) is 0. The molecule has 92 valence electrons. The van der Waals surface area contributed by atoms with E-state index in [-0.39, 0.29) is 0 Å². The predicted molar refractivity (Wildman–Crippen MR) is 73.6 cm³/mol. The van der Waals surface area contributed by atoms with Gasteiger partial charge in [0, 0.05) is 16.2 Å². The van der Waals surface area contributed by atoms with Crippen LogP contribution in [0, 0.1) is 0 Å². The van der Waals surface area contributed by atoms with Gasteiger partial charge in [0.2, 0.25) is 0 Å². The van der Waals surface area contributed by atoms with Crippen LogP contribution in [0.5, 0.6) is 11.5 Å². The van der Waals surface area contributed by atoms with E-state index in [2.05, 4.69) is 15.9 Å². The third kappa shape index (κ3) is 2.81. The Labute approximate surface area is 113 Å². The maximum absolute atomic E-state index is 11.3. The van der Waals surface area contributed by atoms with Crippen molar-refractivity contribution in [3.63, 3.8) is 0 Å². The molecule has 0 bridgehead atoms. The Morgan fingerprint density at radius 1 is 1.17 bits per heavy atom. The van der Waals surface area contributed by atoms with Crippen molar-refractivity contribution in [1.29, 1.82) is 0 Å². The van der Waals surface area contributed by atoms with E-state index in [0.29, 0.717) is 22.7 Å². The number of ether oxygens (including phenoxy) is 1. The van der Waals surface area contributed by atoms with E-state index in [0.717, 1.165) is 4.47 Å². The summed E-state index contributed by atoms with van der Waals surface area (Å²) in [4.78, 5) is 11.3. The molecule has 1 amide bonds. The lowest BCUT2D eigenvalue weighted by Gasteiger charge is -2.10. The first-order valence-electron chi connectivity index (χ1n) is 5.19. The van der Waals surface area contributed by atoms with E-state index < -0.39 is 5.91 Å². The topological polar surface area (TPSA) is 78.3 Å². The number of carbonyl (C=O) groups excluding carboxylic acids is 1. The second-order valence-corrected chi connectivity index (χ2v) is 4.59. The summed E-state index contributed by atoms with van der Waals surface area (Å²) in [5, 5.41) is 0. The van der Waals surface area contributed by atoms with Crippen LogP contribution in [0.1, 0.15) is 10.4 Å². The number of nitrogen functional groups attached to an aromatic ring is 1. The van der Waals surface area contributed by atoms with E-state index in [1.165, 1.54) is 0 Å². The van der Waals surface area contributed by atoms with Crippen LogP contribution >= 0.6 is 15.9 Å². The molecule has 2 aromatic carbocycles. The number of primary amides is 1. The van der Waals surface area contributed by atoms with Crippen LogP contribution < -0.4 is 16.2 Å². The molecule has 0 unspecified atom stereocenters. The van der Waals surface area contributed by atoms with Gasteiger partial charge in [-0.15, -0.1) is 0 Å². The van der Waals surface area contributed by atoms with Gasteiger partial charge in [0.1, 0.15) is 11.5 Å². The first-order chi connectivity index (χ1) is 8.56. The Balaban J connectivity index is 2.39. The maximum Gasteiger partial charge on any atom is 0.252 e. The minimum atomic E-state index is -0.540. The molecular formula is C13H11BrN2O2. The molecule has 0 fully saturated rings. The zero-order chi connectivity index (χ0) is 13.1. The van der Waals surface area contributed by atoms with Crippen molar-refractivity contribution >= 4 is 27.5 Å². The van der Waals surface area contributed by atoms with Gasteiger partial charge in [0.15, 0.2) is 0 Å². The molecule has 0 heterocycles. The number of anilines is 1. The molecule has 0 aromatic heterocycles. The molecule has 4 nitrogen and oxygen atoms in total. The lowest BCUT2D eigenvalue weighted by atomic mass is 10.2. The molecule has 5 heteroatoms. The van der Waals surface area contributed by atoms with Crippen LogP contribution in [0.15, 0.2) is 46.9 Å². The number of benzene rings is 2. The SMILES string of the molecule is NC(=O)c1ccc(Br)cc1Oc1cccc(N)c1. The monoisotopic (exact) mass is 306 g/mol. The third-order valence-corrected chi connectivity index (χ3v) is 2.79. The summed E-state index contributed by atoms with van der Waals surface area (Å²) in [5.74, 6) is 0.402. The first kappa shape index (κ1) is 12.4. The fourth-order valence-electron chi connectivity index (χ4n) is 1.49. The molecular weight excluding hydrogens is 296 g/mol. The smallest absolute Gasteiger partial charge is 0.252 e. The van der Waals surface area contributed by atoms with Gasteiger partial charge in [-0.05, 0) is 30.3 Å². The molecule has 0 saturated carbocycles. The van der Waals surface area contributed by atoms with Gasteiger partial charge in [0.05, 0.1) is 5.56 Å². The second kappa shape index (κ2) is 5.10. The Morgan fingerprint density at radius 3 is 2.61 bits per heavy atom. The normalized spacial score (nSPS) is 10.1. The van der Waals surface area contributed by atoms with Crippen molar-refractivity contribution in [3.8, 4) is 11.5 Å². The Bertz CT molecular complexity index is 599. The molecule has 4 N–H and O–H groups in total. The van der Waals surface area contributed by atoms with Crippen LogP contribution in [-0.4, -0.2) is 5.91 Å². The third-order valence-electron chi connectivity index (χ3n) is 2.30. The molecule has 2 aromatic rings. The van der Waals surface area contributed by atoms with Crippen LogP contribution in [0.2, 0.25) is 0 Å². The lowest BCUT2D eigenvalue weighted by Crippen LogP contribution is -2.12. The van der Waals surface area contributed by atoms with Gasteiger partial charge in [-0.3, -0.25) is 4.79 Å². The van der Waals surface area contributed by atoms with Gasteiger partial charge in [-0.1, -0.05) is 22.0 Å². The minimum Gasteiger partial charge on any atom is -0.456 e. The lowest BCUT2D eigenvalue weighted by molar-refractivity contribution is 0.0998. The second-order valence-electron chi connectivity index (χ2n) is 3.68. The summed E-state index contributed by atoms with van der Waals surface area (Å²) in [5.41, 5.74) is 11.9. The average molecular weight is 307 g/mol. The van der Waals surface area contributed by atoms with Gasteiger partial charge in [-0.2, -0.15) is 0 Å². The highest BCUT2D eigenvalue weighted by Crippen LogP contribution is 2.29. The highest BCUT2D eigenvalue weighted by Gasteiger charge is 2.10. The van der Waals surface area contributed by atoms with Crippen molar-refractivity contribution in [2.75, 3.05) is 5.73 Å². The Kier molecular flexibility index (Phi) is 3.53. The fraction of sp³-hybridized carbons (Fsp3) is 0. The van der Waals surface area contributed by atoms with Gasteiger partial charge in [0.25, 0.3) is 5.91 Å². The zero-order valence-electron chi connectivity index (χ0n) is 9.39. The van der Waals surface area contributed by atoms with E-state index in [1.54, 1.807) is 42.5 Å². The first-order valence-corrected chi connectivity index (χ1v) is 5.98. The van der Waals surface area contributed by atoms with E-state index in [4.69, 9.17) is 16.2 Å². The zero-order valence-corrected chi connectivity index (χ0v) is 11.0. The number of carbonyl (C=O) groups is 1. The number of rotatable bonds is 3. The van der Waals surface area contributed by atoms with Crippen molar-refractivity contribution < 1.29 is 9.53 Å². The van der Waals surface area contributed by atoms with Crippen molar-refractivity contribution in [1.82, 2.24) is 0 Å². The minimum absolute atomic E-state index is 0.320. The van der Waals surface area contributed by atoms with E-state index in [1.807, 2.05) is 0 Å². The number of halogens is 1. The Hall–Kier alpha value is -2.01. The molecule has 18 heavy (non-hydrogen) atoms. The standard InChI is InChI=1S/C13H11BrN2O2/c14-8-4-5-11(13(16)17)12(6-8)18-10-3-1-2-9(15)7-10/h1-7H,15H2,(H2,16,17). The summed E-state index contributed by atoms with van der Waals surface area (Å²) >= 11 is 3.32. The van der Waals surface area contributed by atoms with Crippen LogP contribution in [0.3, 0.4) is 0 Å². The van der Waals surface area contributed by atoms with Gasteiger partial charge >= 0.3 is 0 Å². The quantitative estimate of drug-likeness (QED) is 0.856. The fourth-order valence-corrected chi connectivity index (χ4v) is 1.83. The van der Waals surface area contributed by atoms with Gasteiger partial charge in [-0.25, -0.2) is 0 Å². The molecule has 0 aliphatic carbocycles. The summed E-state index contributed by atoms with van der Waals surface area (Å²) < 4.78 is 6.42. The highest BCUT2D eigenvalue weighted by molar-refractivity contribution is 9.10. The highest BCUT2D eigenvalue weighted by atomic mass is 79.9. The van der Waals surface area contributed by atoms with Crippen LogP contribution in [0.4, 0.5) is 5.69 Å². The number of hydrogen-bond donors (Lipinski definition) is 2. The van der Waals surface area contributed by atoms with Crippen LogP contribution in [-0.2, 0) is 0 Å². The summed E-state index contributed by atoms with van der Waals surface area (Å²) in [7, 11) is 0. The summed E-state index contributed by atoms with van der Waals surface area (Å²) in [6.07, 6.45) is 0. The van der Waals surface area contributed by atoms with E-state index in [9.17, 15) is 4.79 Å². The van der Waals surface area contributed by atoms with Crippen LogP contribution in [0.25, 0.3) is 0 Å². The molecule has 0 saturated heterocycles. The molecule has 2 rings (SSSR count). The average Bonchev–Trinajstić information content (AvgIpc) is 2.28. The van der Waals surface area contributed by atoms with Crippen molar-refractivity contribution in [2.24, 2.45) is 5.73 Å². The largest absolute Gasteiger partial charge is 0.456 e. The van der Waals surface area contributed by atoms with Crippen molar-refractivity contribution in [3.05, 3.63) is 52.5 Å².